The number of carbonyl (C=O) groups excluding carboxylic acids is 1. The van der Waals surface area contributed by atoms with Crippen LogP contribution >= 0.6 is 12.8 Å². The van der Waals surface area contributed by atoms with Crippen LogP contribution in [0.2, 0.25) is 0 Å². The average Bonchev–Trinajstić information content (AvgIpc) is 2.23. The second kappa shape index (κ2) is 6.05. The molecular formula is C15H24N2O3S. The van der Waals surface area contributed by atoms with E-state index in [2.05, 4.69) is 38.9 Å². The molecular weight excluding hydrogens is 288 g/mol. The third-order valence-corrected chi connectivity index (χ3v) is 3.19. The molecule has 21 heavy (non-hydrogen) atoms. The van der Waals surface area contributed by atoms with Crippen LogP contribution in [0, 0.1) is 5.41 Å². The first-order valence-corrected chi connectivity index (χ1v) is 7.14. The zero-order valence-electron chi connectivity index (χ0n) is 13.1. The molecule has 0 fully saturated rings. The number of hydrogen-bond acceptors (Lipinski definition) is 4. The maximum absolute atomic E-state index is 12.2. The average molecular weight is 312 g/mol. The van der Waals surface area contributed by atoms with Crippen molar-refractivity contribution < 1.29 is 15.0 Å². The summed E-state index contributed by atoms with van der Waals surface area (Å²) in [5.74, 6) is -0.291. The van der Waals surface area contributed by atoms with Crippen molar-refractivity contribution >= 4 is 24.5 Å². The fraction of sp³-hybridized carbons (Fsp3) is 0.533. The van der Waals surface area contributed by atoms with Crippen LogP contribution in [0.4, 0.5) is 10.5 Å². The third-order valence-electron chi connectivity index (χ3n) is 2.80. The molecule has 0 heterocycles. The predicted molar refractivity (Wildman–Crippen MR) is 87.9 cm³/mol. The maximum atomic E-state index is 12.2. The van der Waals surface area contributed by atoms with Gasteiger partial charge in [0.25, 0.3) is 0 Å². The monoisotopic (exact) mass is 312 g/mol. The molecule has 6 heteroatoms. The van der Waals surface area contributed by atoms with E-state index in [1.54, 1.807) is 0 Å². The summed E-state index contributed by atoms with van der Waals surface area (Å²) in [4.78, 5) is 12.2. The van der Waals surface area contributed by atoms with Crippen LogP contribution in [0.3, 0.4) is 0 Å². The molecule has 0 atom stereocenters. The molecule has 0 saturated heterocycles. The number of nitrogens with one attached hydrogen (secondary N) is 1. The highest BCUT2D eigenvalue weighted by Gasteiger charge is 2.29. The van der Waals surface area contributed by atoms with E-state index in [1.807, 2.05) is 13.8 Å². The van der Waals surface area contributed by atoms with Gasteiger partial charge in [-0.05, 0) is 37.8 Å². The zero-order valence-corrected chi connectivity index (χ0v) is 14.0. The van der Waals surface area contributed by atoms with Crippen molar-refractivity contribution in [1.82, 2.24) is 5.32 Å². The molecule has 0 saturated carbocycles. The molecule has 0 aromatic heterocycles. The Bertz CT molecular complexity index is 524. The lowest BCUT2D eigenvalue weighted by atomic mass is 9.82. The summed E-state index contributed by atoms with van der Waals surface area (Å²) in [6, 6.07) is 3.53. The number of hydrogen-bond donors (Lipinski definition) is 4. The minimum Gasteiger partial charge on any atom is -0.508 e. The number of nitrogens with zero attached hydrogens (tertiary/aromatic N) is 1. The quantitative estimate of drug-likeness (QED) is 0.643. The number of thiol groups is 1. The van der Waals surface area contributed by atoms with E-state index in [-0.39, 0.29) is 22.6 Å². The normalized spacial score (nSPS) is 12.1. The van der Waals surface area contributed by atoms with E-state index < -0.39 is 11.6 Å². The highest BCUT2D eigenvalue weighted by molar-refractivity contribution is 7.82. The van der Waals surface area contributed by atoms with Crippen molar-refractivity contribution in [2.45, 2.75) is 46.6 Å². The molecule has 0 bridgehead atoms. The zero-order chi connectivity index (χ0) is 16.4. The van der Waals surface area contributed by atoms with Gasteiger partial charge in [0.2, 0.25) is 0 Å². The number of urea groups is 1. The van der Waals surface area contributed by atoms with E-state index in [0.29, 0.717) is 0 Å². The molecule has 5 nitrogen and oxygen atoms in total. The Kier molecular flexibility index (Phi) is 5.04. The van der Waals surface area contributed by atoms with Gasteiger partial charge in [0.05, 0.1) is 5.69 Å². The number of benzene rings is 1. The Hall–Kier alpha value is -1.56. The van der Waals surface area contributed by atoms with Crippen LogP contribution in [0.5, 0.6) is 11.5 Å². The Morgan fingerprint density at radius 3 is 2.29 bits per heavy atom. The summed E-state index contributed by atoms with van der Waals surface area (Å²) in [7, 11) is 0. The second-order valence-electron chi connectivity index (χ2n) is 7.04. The standard InChI is InChI=1S/C15H24N2O3S/c1-14(2,3)9-15(4,5)16-13(20)17(21)11-7-6-10(18)8-12(11)19/h6-8,18-19,21H,9H2,1-5H3,(H,16,20). The van der Waals surface area contributed by atoms with Crippen molar-refractivity contribution in [2.75, 3.05) is 4.31 Å². The molecule has 0 spiro atoms. The molecule has 3 N–H and O–H groups in total. The van der Waals surface area contributed by atoms with Crippen LogP contribution in [0.1, 0.15) is 41.0 Å². The largest absolute Gasteiger partial charge is 0.508 e. The smallest absolute Gasteiger partial charge is 0.332 e. The molecule has 118 valence electrons. The molecule has 2 amide bonds. The lowest BCUT2D eigenvalue weighted by molar-refractivity contribution is 0.218. The SMILES string of the molecule is CC(C)(C)CC(C)(C)NC(=O)N(S)c1ccc(O)cc1O. The molecule has 0 aliphatic rings. The van der Waals surface area contributed by atoms with Gasteiger partial charge in [-0.25, -0.2) is 9.10 Å². The summed E-state index contributed by atoms with van der Waals surface area (Å²) in [6.07, 6.45) is 0.787. The number of phenolic OH excluding ortho intramolecular Hbond substituents is 2. The maximum Gasteiger partial charge on any atom is 0.332 e. The van der Waals surface area contributed by atoms with E-state index in [0.717, 1.165) is 16.8 Å². The topological polar surface area (TPSA) is 72.8 Å². The van der Waals surface area contributed by atoms with Gasteiger partial charge in [-0.2, -0.15) is 0 Å². The van der Waals surface area contributed by atoms with Gasteiger partial charge < -0.3 is 15.5 Å². The lowest BCUT2D eigenvalue weighted by Gasteiger charge is -2.34. The van der Waals surface area contributed by atoms with Gasteiger partial charge in [0.15, 0.2) is 0 Å². The fourth-order valence-electron chi connectivity index (χ4n) is 2.51. The first-order valence-electron chi connectivity index (χ1n) is 6.74. The Labute approximate surface area is 131 Å². The Balaban J connectivity index is 2.83. The minimum atomic E-state index is -0.437. The summed E-state index contributed by atoms with van der Waals surface area (Å²) in [6.45, 7) is 10.2. The number of aromatic hydroxyl groups is 2. The van der Waals surface area contributed by atoms with Crippen molar-refractivity contribution in [1.29, 1.82) is 0 Å². The van der Waals surface area contributed by atoms with Crippen molar-refractivity contribution in [3.05, 3.63) is 18.2 Å². The molecule has 1 aromatic carbocycles. The van der Waals surface area contributed by atoms with E-state index >= 15 is 0 Å². The van der Waals surface area contributed by atoms with Crippen molar-refractivity contribution in [3.8, 4) is 11.5 Å². The first-order chi connectivity index (χ1) is 9.41. The van der Waals surface area contributed by atoms with Crippen LogP contribution in [-0.4, -0.2) is 21.8 Å². The van der Waals surface area contributed by atoms with Crippen LogP contribution in [0.25, 0.3) is 0 Å². The molecule has 1 aromatic rings. The van der Waals surface area contributed by atoms with E-state index in [4.69, 9.17) is 0 Å². The summed E-state index contributed by atoms with van der Waals surface area (Å²) in [5, 5.41) is 21.9. The van der Waals surface area contributed by atoms with Crippen molar-refractivity contribution in [2.24, 2.45) is 5.41 Å². The van der Waals surface area contributed by atoms with Gasteiger partial charge in [-0.1, -0.05) is 33.6 Å². The van der Waals surface area contributed by atoms with Gasteiger partial charge in [0.1, 0.15) is 11.5 Å². The molecule has 1 rings (SSSR count). The van der Waals surface area contributed by atoms with Gasteiger partial charge in [-0.15, -0.1) is 0 Å². The molecule has 0 aliphatic carbocycles. The molecule has 0 unspecified atom stereocenters. The third kappa shape index (κ3) is 5.38. The van der Waals surface area contributed by atoms with Gasteiger partial charge >= 0.3 is 6.03 Å². The number of phenols is 2. The van der Waals surface area contributed by atoms with Gasteiger partial charge in [0, 0.05) is 11.6 Å². The minimum absolute atomic E-state index is 0.0683. The predicted octanol–water partition coefficient (Wildman–Crippen LogP) is 3.67. The number of amides is 2. The number of anilines is 1. The van der Waals surface area contributed by atoms with E-state index in [9.17, 15) is 15.0 Å². The fourth-order valence-corrected chi connectivity index (χ4v) is 2.73. The summed E-state index contributed by atoms with van der Waals surface area (Å²) in [5.41, 5.74) is -0.137. The summed E-state index contributed by atoms with van der Waals surface area (Å²) < 4.78 is 1.03. The van der Waals surface area contributed by atoms with Crippen molar-refractivity contribution in [3.63, 3.8) is 0 Å². The molecule has 0 radical (unpaired) electrons. The molecule has 0 aliphatic heterocycles. The highest BCUT2D eigenvalue weighted by atomic mass is 32.1. The van der Waals surface area contributed by atoms with Crippen LogP contribution in [0.15, 0.2) is 18.2 Å². The second-order valence-corrected chi connectivity index (χ2v) is 7.44. The Morgan fingerprint density at radius 2 is 1.81 bits per heavy atom. The summed E-state index contributed by atoms with van der Waals surface area (Å²) >= 11 is 4.12. The number of rotatable bonds is 3. The van der Waals surface area contributed by atoms with Crippen LogP contribution in [-0.2, 0) is 0 Å². The van der Waals surface area contributed by atoms with Gasteiger partial charge in [-0.3, -0.25) is 0 Å². The number of carbonyl (C=O) groups is 1. The Morgan fingerprint density at radius 1 is 1.24 bits per heavy atom. The highest BCUT2D eigenvalue weighted by Crippen LogP contribution is 2.32. The first kappa shape index (κ1) is 17.5. The van der Waals surface area contributed by atoms with E-state index in [1.165, 1.54) is 12.1 Å². The van der Waals surface area contributed by atoms with Crippen LogP contribution < -0.4 is 9.62 Å². The lowest BCUT2D eigenvalue weighted by Crippen LogP contribution is -2.49.